The summed E-state index contributed by atoms with van der Waals surface area (Å²) in [4.78, 5) is 18.4. The van der Waals surface area contributed by atoms with E-state index in [0.717, 1.165) is 73.8 Å². The van der Waals surface area contributed by atoms with E-state index in [1.54, 1.807) is 12.7 Å². The zero-order chi connectivity index (χ0) is 18.8. The third kappa shape index (κ3) is 3.29. The number of H-pyrrole nitrogens is 1. The Hall–Kier alpha value is -3.07. The molecule has 0 spiro atoms. The summed E-state index contributed by atoms with van der Waals surface area (Å²) in [6, 6.07) is 6.53. The highest BCUT2D eigenvalue weighted by Crippen LogP contribution is 2.23. The van der Waals surface area contributed by atoms with Gasteiger partial charge in [-0.3, -0.25) is 4.40 Å². The van der Waals surface area contributed by atoms with Crippen LogP contribution in [0.3, 0.4) is 0 Å². The fourth-order valence-electron chi connectivity index (χ4n) is 3.90. The predicted molar refractivity (Wildman–Crippen MR) is 106 cm³/mol. The van der Waals surface area contributed by atoms with Gasteiger partial charge in [-0.25, -0.2) is 15.0 Å². The quantitative estimate of drug-likeness (QED) is 0.492. The molecule has 0 aromatic carbocycles. The molecule has 5 rings (SSSR count). The molecule has 0 saturated carbocycles. The lowest BCUT2D eigenvalue weighted by Crippen LogP contribution is -2.43. The van der Waals surface area contributed by atoms with E-state index in [2.05, 4.69) is 44.8 Å². The minimum Gasteiger partial charge on any atom is -0.355 e. The largest absolute Gasteiger partial charge is 0.355 e. The van der Waals surface area contributed by atoms with Gasteiger partial charge < -0.3 is 15.2 Å². The standard InChI is InChI=1S/C19H23N9/c1-2-9-28-15(4-1)25-26-16(28)5-3-8-20-14-6-10-27(11-7-14)19-17-18(22-12-21-17)23-13-24-19/h1-2,4,9,12-14,20H,3,5-8,10-11H2,(H,21,22,23,24). The summed E-state index contributed by atoms with van der Waals surface area (Å²) in [6.45, 7) is 2.96. The number of nitrogens with one attached hydrogen (secondary N) is 2. The van der Waals surface area contributed by atoms with Crippen molar-refractivity contribution >= 4 is 22.6 Å². The van der Waals surface area contributed by atoms with Crippen LogP contribution < -0.4 is 10.2 Å². The normalized spacial score (nSPS) is 15.6. The second-order valence-corrected chi connectivity index (χ2v) is 7.16. The van der Waals surface area contributed by atoms with Crippen LogP contribution in [-0.4, -0.2) is 60.2 Å². The number of pyridine rings is 1. The topological polar surface area (TPSA) is 99.9 Å². The molecule has 144 valence electrons. The fourth-order valence-corrected chi connectivity index (χ4v) is 3.90. The van der Waals surface area contributed by atoms with Gasteiger partial charge in [0.05, 0.1) is 6.33 Å². The van der Waals surface area contributed by atoms with Gasteiger partial charge in [0.2, 0.25) is 0 Å². The van der Waals surface area contributed by atoms with E-state index in [9.17, 15) is 0 Å². The molecule has 1 aliphatic rings. The molecule has 0 radical (unpaired) electrons. The monoisotopic (exact) mass is 377 g/mol. The lowest BCUT2D eigenvalue weighted by Gasteiger charge is -2.33. The highest BCUT2D eigenvalue weighted by Gasteiger charge is 2.21. The molecule has 2 N–H and O–H groups in total. The van der Waals surface area contributed by atoms with Crippen LogP contribution in [0.5, 0.6) is 0 Å². The maximum atomic E-state index is 4.46. The molecular weight excluding hydrogens is 354 g/mol. The molecule has 4 aromatic heterocycles. The van der Waals surface area contributed by atoms with Crippen molar-refractivity contribution in [2.24, 2.45) is 0 Å². The number of anilines is 1. The van der Waals surface area contributed by atoms with E-state index in [4.69, 9.17) is 0 Å². The van der Waals surface area contributed by atoms with Gasteiger partial charge in [-0.05, 0) is 37.9 Å². The lowest BCUT2D eigenvalue weighted by atomic mass is 10.0. The van der Waals surface area contributed by atoms with Crippen molar-refractivity contribution in [3.63, 3.8) is 0 Å². The van der Waals surface area contributed by atoms with Crippen LogP contribution in [0.15, 0.2) is 37.1 Å². The van der Waals surface area contributed by atoms with Crippen LogP contribution in [0.1, 0.15) is 25.1 Å². The molecular formula is C19H23N9. The van der Waals surface area contributed by atoms with Crippen molar-refractivity contribution in [3.05, 3.63) is 42.9 Å². The average Bonchev–Trinajstić information content (AvgIpc) is 3.39. The number of piperidine rings is 1. The molecule has 1 fully saturated rings. The van der Waals surface area contributed by atoms with Gasteiger partial charge in [0.15, 0.2) is 17.1 Å². The Kier molecular flexibility index (Phi) is 4.58. The van der Waals surface area contributed by atoms with E-state index >= 15 is 0 Å². The van der Waals surface area contributed by atoms with Gasteiger partial charge in [-0.1, -0.05) is 6.07 Å². The number of aryl methyl sites for hydroxylation is 1. The number of nitrogens with zero attached hydrogens (tertiary/aromatic N) is 7. The van der Waals surface area contributed by atoms with E-state index in [0.29, 0.717) is 6.04 Å². The lowest BCUT2D eigenvalue weighted by molar-refractivity contribution is 0.411. The summed E-state index contributed by atoms with van der Waals surface area (Å²) >= 11 is 0. The molecule has 5 heterocycles. The number of hydrogen-bond acceptors (Lipinski definition) is 7. The van der Waals surface area contributed by atoms with Crippen LogP contribution in [0.4, 0.5) is 5.82 Å². The molecule has 9 heteroatoms. The summed E-state index contributed by atoms with van der Waals surface area (Å²) in [5, 5.41) is 12.2. The second-order valence-electron chi connectivity index (χ2n) is 7.16. The van der Waals surface area contributed by atoms with Crippen LogP contribution in [0.2, 0.25) is 0 Å². The number of imidazole rings is 1. The number of aromatic amines is 1. The third-order valence-electron chi connectivity index (χ3n) is 5.39. The number of rotatable bonds is 6. The molecule has 28 heavy (non-hydrogen) atoms. The van der Waals surface area contributed by atoms with Gasteiger partial charge >= 0.3 is 0 Å². The SMILES string of the molecule is c1ccn2c(CCCNC3CCN(c4ncnc5nc[nH]c45)CC3)nnc2c1. The van der Waals surface area contributed by atoms with Crippen molar-refractivity contribution in [1.82, 2.24) is 39.9 Å². The van der Waals surface area contributed by atoms with E-state index < -0.39 is 0 Å². The third-order valence-corrected chi connectivity index (χ3v) is 5.39. The summed E-state index contributed by atoms with van der Waals surface area (Å²) in [5.41, 5.74) is 2.56. The molecule has 0 atom stereocenters. The van der Waals surface area contributed by atoms with Gasteiger partial charge in [0.1, 0.15) is 17.7 Å². The molecule has 9 nitrogen and oxygen atoms in total. The van der Waals surface area contributed by atoms with Crippen molar-refractivity contribution in [2.45, 2.75) is 31.7 Å². The summed E-state index contributed by atoms with van der Waals surface area (Å²) in [6.07, 6.45) is 9.48. The summed E-state index contributed by atoms with van der Waals surface area (Å²) < 4.78 is 2.07. The van der Waals surface area contributed by atoms with Gasteiger partial charge in [0, 0.05) is 31.7 Å². The Morgan fingerprint density at radius 2 is 2.04 bits per heavy atom. The van der Waals surface area contributed by atoms with Crippen molar-refractivity contribution < 1.29 is 0 Å². The van der Waals surface area contributed by atoms with Crippen LogP contribution in [0.25, 0.3) is 16.8 Å². The first kappa shape index (κ1) is 17.1. The zero-order valence-corrected chi connectivity index (χ0v) is 15.6. The maximum absolute atomic E-state index is 4.46. The first-order valence-electron chi connectivity index (χ1n) is 9.79. The maximum Gasteiger partial charge on any atom is 0.182 e. The van der Waals surface area contributed by atoms with Crippen LogP contribution in [0, 0.1) is 0 Å². The van der Waals surface area contributed by atoms with E-state index in [1.807, 2.05) is 24.4 Å². The Morgan fingerprint density at radius 3 is 2.96 bits per heavy atom. The number of fused-ring (bicyclic) bond motifs is 2. The van der Waals surface area contributed by atoms with Crippen molar-refractivity contribution in [2.75, 3.05) is 24.5 Å². The fraction of sp³-hybridized carbons (Fsp3) is 0.421. The summed E-state index contributed by atoms with van der Waals surface area (Å²) in [7, 11) is 0. The Morgan fingerprint density at radius 1 is 1.11 bits per heavy atom. The first-order chi connectivity index (χ1) is 13.9. The van der Waals surface area contributed by atoms with E-state index in [-0.39, 0.29) is 0 Å². The molecule has 4 aromatic rings. The summed E-state index contributed by atoms with van der Waals surface area (Å²) in [5.74, 6) is 1.99. The Bertz CT molecular complexity index is 1060. The van der Waals surface area contributed by atoms with Crippen molar-refractivity contribution in [3.8, 4) is 0 Å². The van der Waals surface area contributed by atoms with Gasteiger partial charge in [0.25, 0.3) is 0 Å². The molecule has 0 aliphatic carbocycles. The Labute approximate surface area is 162 Å². The van der Waals surface area contributed by atoms with Gasteiger partial charge in [-0.2, -0.15) is 0 Å². The van der Waals surface area contributed by atoms with Crippen LogP contribution in [-0.2, 0) is 6.42 Å². The zero-order valence-electron chi connectivity index (χ0n) is 15.6. The highest BCUT2D eigenvalue weighted by molar-refractivity contribution is 5.82. The molecule has 1 aliphatic heterocycles. The number of hydrogen-bond donors (Lipinski definition) is 2. The highest BCUT2D eigenvalue weighted by atomic mass is 15.2. The van der Waals surface area contributed by atoms with Crippen LogP contribution >= 0.6 is 0 Å². The van der Waals surface area contributed by atoms with Gasteiger partial charge in [-0.15, -0.1) is 10.2 Å². The second kappa shape index (κ2) is 7.51. The van der Waals surface area contributed by atoms with Crippen molar-refractivity contribution in [1.29, 1.82) is 0 Å². The molecule has 0 amide bonds. The predicted octanol–water partition coefficient (Wildman–Crippen LogP) is 1.59. The smallest absolute Gasteiger partial charge is 0.182 e. The minimum absolute atomic E-state index is 0.547. The average molecular weight is 377 g/mol. The minimum atomic E-state index is 0.547. The Balaban J connectivity index is 1.10. The van der Waals surface area contributed by atoms with E-state index in [1.165, 1.54) is 0 Å². The molecule has 1 saturated heterocycles. The first-order valence-corrected chi connectivity index (χ1v) is 9.79. The molecule has 0 bridgehead atoms. The number of aromatic nitrogens is 7. The molecule has 0 unspecified atom stereocenters.